The van der Waals surface area contributed by atoms with Crippen molar-refractivity contribution in [2.75, 3.05) is 24.3 Å². The molecule has 1 fully saturated rings. The van der Waals surface area contributed by atoms with Crippen LogP contribution in [0, 0.1) is 0 Å². The Morgan fingerprint density at radius 1 is 1.42 bits per heavy atom. The molecule has 100 valence electrons. The predicted molar refractivity (Wildman–Crippen MR) is 81.3 cm³/mol. The highest BCUT2D eigenvalue weighted by Crippen LogP contribution is 2.31. The maximum Gasteiger partial charge on any atom is 0.0743 e. The van der Waals surface area contributed by atoms with Gasteiger partial charge in [-0.15, -0.1) is 0 Å². The molecule has 0 aliphatic carbocycles. The molecule has 0 amide bonds. The molecule has 0 bridgehead atoms. The van der Waals surface area contributed by atoms with Crippen LogP contribution in [0.2, 0.25) is 0 Å². The van der Waals surface area contributed by atoms with Gasteiger partial charge in [-0.2, -0.15) is 0 Å². The zero-order chi connectivity index (χ0) is 13.2. The van der Waals surface area contributed by atoms with Crippen LogP contribution in [0.5, 0.6) is 0 Å². The van der Waals surface area contributed by atoms with E-state index in [-0.39, 0.29) is 0 Å². The molecule has 1 saturated heterocycles. The third-order valence-corrected chi connectivity index (χ3v) is 3.86. The molecule has 0 spiro atoms. The van der Waals surface area contributed by atoms with Crippen molar-refractivity contribution in [3.8, 4) is 0 Å². The molecule has 1 atom stereocenters. The van der Waals surface area contributed by atoms with Crippen LogP contribution < -0.4 is 11.1 Å². The van der Waals surface area contributed by atoms with Crippen LogP contribution >= 0.6 is 15.9 Å². The first kappa shape index (κ1) is 12.7. The first-order valence-corrected chi connectivity index (χ1v) is 7.21. The molecular formula is C14H16BrN3O. The van der Waals surface area contributed by atoms with Gasteiger partial charge in [0.25, 0.3) is 0 Å². The second-order valence-electron chi connectivity index (χ2n) is 4.81. The van der Waals surface area contributed by atoms with E-state index in [2.05, 4.69) is 26.2 Å². The summed E-state index contributed by atoms with van der Waals surface area (Å²) in [5.74, 6) is 0. The number of nitrogens with one attached hydrogen (secondary N) is 1. The Hall–Kier alpha value is -1.33. The monoisotopic (exact) mass is 321 g/mol. The lowest BCUT2D eigenvalue weighted by Gasteiger charge is -2.25. The number of anilines is 2. The number of ether oxygens (including phenoxy) is 1. The number of hydrogen-bond donors (Lipinski definition) is 2. The topological polar surface area (TPSA) is 60.2 Å². The van der Waals surface area contributed by atoms with Gasteiger partial charge in [0.1, 0.15) is 0 Å². The lowest BCUT2D eigenvalue weighted by Crippen LogP contribution is -2.30. The van der Waals surface area contributed by atoms with Crippen LogP contribution in [-0.4, -0.2) is 24.2 Å². The average Bonchev–Trinajstić information content (AvgIpc) is 2.43. The Kier molecular flexibility index (Phi) is 3.57. The van der Waals surface area contributed by atoms with E-state index < -0.39 is 0 Å². The van der Waals surface area contributed by atoms with Crippen molar-refractivity contribution < 1.29 is 4.74 Å². The molecule has 2 aromatic rings. The molecule has 3 rings (SSSR count). The summed E-state index contributed by atoms with van der Waals surface area (Å²) in [5.41, 5.74) is 8.65. The minimum absolute atomic E-state index is 0.320. The Morgan fingerprint density at radius 2 is 2.32 bits per heavy atom. The largest absolute Gasteiger partial charge is 0.396 e. The SMILES string of the molecule is Nc1cnc2ccc(Br)cc2c1NC1CCCOC1. The van der Waals surface area contributed by atoms with Gasteiger partial charge in [-0.3, -0.25) is 4.98 Å². The van der Waals surface area contributed by atoms with Gasteiger partial charge in [0.05, 0.1) is 29.7 Å². The molecule has 5 heteroatoms. The molecule has 19 heavy (non-hydrogen) atoms. The van der Waals surface area contributed by atoms with Gasteiger partial charge >= 0.3 is 0 Å². The van der Waals surface area contributed by atoms with E-state index in [0.29, 0.717) is 11.7 Å². The van der Waals surface area contributed by atoms with E-state index >= 15 is 0 Å². The highest BCUT2D eigenvalue weighted by molar-refractivity contribution is 9.10. The molecule has 4 nitrogen and oxygen atoms in total. The normalized spacial score (nSPS) is 19.5. The number of pyridine rings is 1. The molecular weight excluding hydrogens is 306 g/mol. The van der Waals surface area contributed by atoms with Crippen molar-refractivity contribution in [1.82, 2.24) is 4.98 Å². The fraction of sp³-hybridized carbons (Fsp3) is 0.357. The van der Waals surface area contributed by atoms with E-state index in [4.69, 9.17) is 10.5 Å². The molecule has 3 N–H and O–H groups in total. The summed E-state index contributed by atoms with van der Waals surface area (Å²) < 4.78 is 6.53. The fourth-order valence-corrected chi connectivity index (χ4v) is 2.76. The second kappa shape index (κ2) is 5.35. The summed E-state index contributed by atoms with van der Waals surface area (Å²) in [6.45, 7) is 1.59. The molecule has 1 aliphatic heterocycles. The Bertz CT molecular complexity index is 591. The number of halogens is 1. The van der Waals surface area contributed by atoms with Crippen molar-refractivity contribution in [1.29, 1.82) is 0 Å². The van der Waals surface area contributed by atoms with Gasteiger partial charge in [0.15, 0.2) is 0 Å². The number of aromatic nitrogens is 1. The van der Waals surface area contributed by atoms with E-state index in [0.717, 1.165) is 47.1 Å². The van der Waals surface area contributed by atoms with Crippen molar-refractivity contribution in [2.45, 2.75) is 18.9 Å². The molecule has 0 saturated carbocycles. The zero-order valence-corrected chi connectivity index (χ0v) is 12.1. The highest BCUT2D eigenvalue weighted by atomic mass is 79.9. The molecule has 1 unspecified atom stereocenters. The minimum atomic E-state index is 0.320. The predicted octanol–water partition coefficient (Wildman–Crippen LogP) is 3.17. The van der Waals surface area contributed by atoms with E-state index in [1.165, 1.54) is 0 Å². The van der Waals surface area contributed by atoms with Crippen LogP contribution in [0.15, 0.2) is 28.9 Å². The fourth-order valence-electron chi connectivity index (χ4n) is 2.40. The number of nitrogen functional groups attached to an aromatic ring is 1. The Balaban J connectivity index is 2.00. The average molecular weight is 322 g/mol. The van der Waals surface area contributed by atoms with Crippen LogP contribution in [-0.2, 0) is 4.74 Å². The van der Waals surface area contributed by atoms with Gasteiger partial charge in [-0.25, -0.2) is 0 Å². The summed E-state index contributed by atoms with van der Waals surface area (Å²) in [6, 6.07) is 6.34. The maximum atomic E-state index is 6.07. The number of nitrogens with two attached hydrogens (primary N) is 1. The van der Waals surface area contributed by atoms with Gasteiger partial charge in [0, 0.05) is 22.5 Å². The van der Waals surface area contributed by atoms with Crippen molar-refractivity contribution in [3.63, 3.8) is 0 Å². The standard InChI is InChI=1S/C14H16BrN3O/c15-9-3-4-13-11(6-9)14(12(16)7-17-13)18-10-2-1-5-19-8-10/h3-4,6-7,10H,1-2,5,8,16H2,(H,17,18). The highest BCUT2D eigenvalue weighted by Gasteiger charge is 2.16. The van der Waals surface area contributed by atoms with Crippen molar-refractivity contribution in [3.05, 3.63) is 28.9 Å². The first-order chi connectivity index (χ1) is 9.24. The third kappa shape index (κ3) is 2.67. The molecule has 1 aliphatic rings. The van der Waals surface area contributed by atoms with E-state index in [9.17, 15) is 0 Å². The Morgan fingerprint density at radius 3 is 3.11 bits per heavy atom. The van der Waals surface area contributed by atoms with Crippen LogP contribution in [0.4, 0.5) is 11.4 Å². The van der Waals surface area contributed by atoms with E-state index in [1.807, 2.05) is 18.2 Å². The van der Waals surface area contributed by atoms with Gasteiger partial charge in [-0.05, 0) is 31.0 Å². The summed E-state index contributed by atoms with van der Waals surface area (Å²) in [7, 11) is 0. The lowest BCUT2D eigenvalue weighted by molar-refractivity contribution is 0.0876. The van der Waals surface area contributed by atoms with Crippen LogP contribution in [0.25, 0.3) is 10.9 Å². The zero-order valence-electron chi connectivity index (χ0n) is 10.5. The smallest absolute Gasteiger partial charge is 0.0743 e. The second-order valence-corrected chi connectivity index (χ2v) is 5.72. The summed E-state index contributed by atoms with van der Waals surface area (Å²) in [5, 5.41) is 4.55. The molecule has 0 radical (unpaired) electrons. The Labute approximate surface area is 120 Å². The number of hydrogen-bond acceptors (Lipinski definition) is 4. The molecule has 2 heterocycles. The van der Waals surface area contributed by atoms with Crippen molar-refractivity contribution >= 4 is 38.2 Å². The quantitative estimate of drug-likeness (QED) is 0.891. The number of benzene rings is 1. The van der Waals surface area contributed by atoms with E-state index in [1.54, 1.807) is 6.20 Å². The maximum absolute atomic E-state index is 6.07. The summed E-state index contributed by atoms with van der Waals surface area (Å²) in [4.78, 5) is 4.36. The van der Waals surface area contributed by atoms with Gasteiger partial charge in [-0.1, -0.05) is 15.9 Å². The first-order valence-electron chi connectivity index (χ1n) is 6.42. The number of rotatable bonds is 2. The summed E-state index contributed by atoms with van der Waals surface area (Å²) in [6.07, 6.45) is 3.91. The van der Waals surface area contributed by atoms with Crippen molar-refractivity contribution in [2.24, 2.45) is 0 Å². The number of nitrogens with zero attached hydrogens (tertiary/aromatic N) is 1. The third-order valence-electron chi connectivity index (χ3n) is 3.37. The van der Waals surface area contributed by atoms with Crippen LogP contribution in [0.1, 0.15) is 12.8 Å². The lowest BCUT2D eigenvalue weighted by atomic mass is 10.1. The number of fused-ring (bicyclic) bond motifs is 1. The molecule has 1 aromatic heterocycles. The summed E-state index contributed by atoms with van der Waals surface area (Å²) >= 11 is 3.50. The van der Waals surface area contributed by atoms with Gasteiger partial charge < -0.3 is 15.8 Å². The minimum Gasteiger partial charge on any atom is -0.396 e. The van der Waals surface area contributed by atoms with Crippen LogP contribution in [0.3, 0.4) is 0 Å². The van der Waals surface area contributed by atoms with Gasteiger partial charge in [0.2, 0.25) is 0 Å². The molecule has 1 aromatic carbocycles.